The number of nitrogens with zero attached hydrogens (tertiary/aromatic N) is 5. The number of carboxylic acids is 1. The molecule has 1 aromatic heterocycles. The van der Waals surface area contributed by atoms with Crippen LogP contribution in [0.5, 0.6) is 0 Å². The summed E-state index contributed by atoms with van der Waals surface area (Å²) in [4.78, 5) is 181. The lowest BCUT2D eigenvalue weighted by Crippen LogP contribution is -2.61. The Morgan fingerprint density at radius 2 is 1.12 bits per heavy atom. The second-order valence-corrected chi connectivity index (χ2v) is 23.0. The normalized spacial score (nSPS) is 17.6. The molecule has 0 spiro atoms. The van der Waals surface area contributed by atoms with Crippen LogP contribution in [-0.2, 0) is 64.0 Å². The van der Waals surface area contributed by atoms with Crippen molar-refractivity contribution >= 4 is 82.9 Å². The van der Waals surface area contributed by atoms with Gasteiger partial charge in [-0.3, -0.25) is 67.5 Å². The van der Waals surface area contributed by atoms with E-state index in [1.54, 1.807) is 13.8 Å². The molecule has 498 valence electrons. The van der Waals surface area contributed by atoms with Gasteiger partial charge in [0.05, 0.1) is 6.33 Å². The van der Waals surface area contributed by atoms with Gasteiger partial charge in [0.1, 0.15) is 60.4 Å². The molecule has 33 heteroatoms. The Labute approximate surface area is 518 Å². The minimum atomic E-state index is -1.41. The second kappa shape index (κ2) is 37.9. The van der Waals surface area contributed by atoms with Crippen LogP contribution >= 0.6 is 0 Å². The molecule has 89 heavy (non-hydrogen) atoms. The molecule has 0 saturated carbocycles. The zero-order valence-electron chi connectivity index (χ0n) is 52.0. The van der Waals surface area contributed by atoms with E-state index < -0.39 is 144 Å². The number of primary amides is 1. The third-order valence-corrected chi connectivity index (χ3v) is 15.2. The Kier molecular flexibility index (Phi) is 31.8. The number of rotatable bonds is 39. The molecule has 11 amide bonds. The number of aromatic nitrogens is 2. The molecule has 0 bridgehead atoms. The first-order valence-corrected chi connectivity index (χ1v) is 30.4. The van der Waals surface area contributed by atoms with Crippen LogP contribution in [0, 0.1) is 11.8 Å². The van der Waals surface area contributed by atoms with Crippen molar-refractivity contribution in [3.05, 3.63) is 18.2 Å². The Morgan fingerprint density at radius 1 is 0.618 bits per heavy atom. The van der Waals surface area contributed by atoms with Gasteiger partial charge in [-0.15, -0.1) is 0 Å². The SMILES string of the molecule is CC[C@H](C)[C@H](NC(=O)[C@H](Cc1cnc[nH]1)NC(=O)[C@H](C)NC(=O)[C@H](CCCN=C(N)N)NC(=O)[C@@H]1CCCN1C(=O)[C@H](CC(C)C)NC(=O)[C@@H]1CCCN1C(=O)[C@H](CCCN=C(N)N)NC(C)=O)C(=O)N[C@@H](CCCCN)C(=O)N[C@@H](CCC(=O)O)C(N)=O. The molecule has 2 aliphatic rings. The van der Waals surface area contributed by atoms with E-state index in [0.29, 0.717) is 44.2 Å². The first-order chi connectivity index (χ1) is 42.1. The second-order valence-electron chi connectivity index (χ2n) is 23.0. The third-order valence-electron chi connectivity index (χ3n) is 15.2. The van der Waals surface area contributed by atoms with Crippen LogP contribution in [0.4, 0.5) is 0 Å². The molecule has 1 aromatic rings. The van der Waals surface area contributed by atoms with Gasteiger partial charge in [0, 0.05) is 57.8 Å². The van der Waals surface area contributed by atoms with Crippen LogP contribution < -0.4 is 76.9 Å². The number of aliphatic carboxylic acids is 1. The molecule has 11 atom stereocenters. The summed E-state index contributed by atoms with van der Waals surface area (Å²) >= 11 is 0. The molecule has 2 fully saturated rings. The van der Waals surface area contributed by atoms with Crippen LogP contribution in [0.3, 0.4) is 0 Å². The van der Waals surface area contributed by atoms with Gasteiger partial charge in [0.15, 0.2) is 11.9 Å². The van der Waals surface area contributed by atoms with Crippen molar-refractivity contribution in [1.82, 2.24) is 62.3 Å². The highest BCUT2D eigenvalue weighted by Gasteiger charge is 2.43. The first kappa shape index (κ1) is 74.6. The Bertz CT molecular complexity index is 2630. The molecule has 22 N–H and O–H groups in total. The average molecular weight is 1260 g/mol. The number of imidazole rings is 1. The third kappa shape index (κ3) is 25.5. The maximum absolute atomic E-state index is 14.6. The fourth-order valence-corrected chi connectivity index (χ4v) is 10.3. The highest BCUT2D eigenvalue weighted by atomic mass is 16.4. The molecular weight excluding hydrogens is 1160 g/mol. The van der Waals surface area contributed by atoms with Gasteiger partial charge in [0.25, 0.3) is 0 Å². The number of H-pyrrole nitrogens is 1. The Balaban J connectivity index is 1.84. The van der Waals surface area contributed by atoms with E-state index in [9.17, 15) is 62.6 Å². The topological polar surface area (TPSA) is 537 Å². The summed E-state index contributed by atoms with van der Waals surface area (Å²) in [5.41, 5.74) is 33.5. The van der Waals surface area contributed by atoms with Gasteiger partial charge in [-0.2, -0.15) is 0 Å². The molecule has 3 rings (SSSR count). The predicted molar refractivity (Wildman–Crippen MR) is 326 cm³/mol. The monoisotopic (exact) mass is 1260 g/mol. The van der Waals surface area contributed by atoms with Crippen molar-refractivity contribution in [3.63, 3.8) is 0 Å². The van der Waals surface area contributed by atoms with Crippen LogP contribution in [0.25, 0.3) is 0 Å². The molecule has 3 heterocycles. The predicted octanol–water partition coefficient (Wildman–Crippen LogP) is -4.47. The van der Waals surface area contributed by atoms with E-state index in [-0.39, 0.29) is 108 Å². The van der Waals surface area contributed by atoms with Gasteiger partial charge in [-0.1, -0.05) is 34.1 Å². The largest absolute Gasteiger partial charge is 0.481 e. The standard InChI is InChI=1S/C56H96N20O13/c1-7-31(4)44(52(87)71-36(14-8-9-21-57)48(83)69-35(45(58)80)19-20-43(78)79)74-49(84)39(27-34-28-63-29-66-34)72-46(81)32(5)67-47(82)37(15-10-22-64-55(59)60)70-50(85)41-17-13-25-76(41)54(89)40(26-30(2)3)73-51(86)42-18-12-24-75(42)53(88)38(68-33(6)77)16-11-23-65-56(61)62/h28-32,35-42,44H,7-27,57H2,1-6H3,(H2,58,80)(H,63,66)(H,67,82)(H,68,77)(H,69,83)(H,70,85)(H,71,87)(H,72,81)(H,73,86)(H,74,84)(H,78,79)(H4,59,60,64)(H4,61,62,65)/t31-,32-,35-,36-,37-,38-,39-,40-,41-,42-,44-/m0/s1. The van der Waals surface area contributed by atoms with Crippen LogP contribution in [0.2, 0.25) is 0 Å². The van der Waals surface area contributed by atoms with Gasteiger partial charge in [0.2, 0.25) is 65.0 Å². The van der Waals surface area contributed by atoms with E-state index >= 15 is 0 Å². The molecule has 2 aliphatic heterocycles. The van der Waals surface area contributed by atoms with Crippen molar-refractivity contribution in [1.29, 1.82) is 0 Å². The van der Waals surface area contributed by atoms with Crippen molar-refractivity contribution in [2.24, 2.45) is 56.2 Å². The van der Waals surface area contributed by atoms with Crippen molar-refractivity contribution in [2.75, 3.05) is 32.7 Å². The molecule has 33 nitrogen and oxygen atoms in total. The Hall–Kier alpha value is -8.65. The summed E-state index contributed by atoms with van der Waals surface area (Å²) in [6.07, 6.45) is 5.15. The number of guanidine groups is 2. The summed E-state index contributed by atoms with van der Waals surface area (Å²) in [5, 5.41) is 30.5. The lowest BCUT2D eigenvalue weighted by atomic mass is 9.96. The number of carbonyl (C=O) groups is 12. The fraction of sp³-hybridized carbons (Fsp3) is 0.696. The van der Waals surface area contributed by atoms with Crippen molar-refractivity contribution in [3.8, 4) is 0 Å². The molecule has 2 saturated heterocycles. The van der Waals surface area contributed by atoms with E-state index in [1.165, 1.54) is 36.2 Å². The van der Waals surface area contributed by atoms with E-state index in [2.05, 4.69) is 62.5 Å². The smallest absolute Gasteiger partial charge is 0.303 e. The Morgan fingerprint density at radius 3 is 1.63 bits per heavy atom. The highest BCUT2D eigenvalue weighted by molar-refractivity contribution is 5.99. The van der Waals surface area contributed by atoms with Gasteiger partial charge in [-0.05, 0) is 109 Å². The van der Waals surface area contributed by atoms with Crippen LogP contribution in [0.15, 0.2) is 22.5 Å². The summed E-state index contributed by atoms with van der Waals surface area (Å²) in [5.74, 6) is -10.2. The number of aromatic amines is 1. The van der Waals surface area contributed by atoms with E-state index in [0.717, 1.165) is 0 Å². The minimum absolute atomic E-state index is 0.0470. The van der Waals surface area contributed by atoms with Crippen molar-refractivity contribution < 1.29 is 62.6 Å². The van der Waals surface area contributed by atoms with E-state index in [1.807, 2.05) is 13.8 Å². The molecule has 0 unspecified atom stereocenters. The number of unbranched alkanes of at least 4 members (excludes halogenated alkanes) is 1. The number of nitrogens with one attached hydrogen (secondary N) is 9. The minimum Gasteiger partial charge on any atom is -0.481 e. The lowest BCUT2D eigenvalue weighted by molar-refractivity contribution is -0.145. The van der Waals surface area contributed by atoms with Crippen molar-refractivity contribution in [2.45, 2.75) is 205 Å². The number of nitrogens with two attached hydrogens (primary N) is 6. The fourth-order valence-electron chi connectivity index (χ4n) is 10.3. The van der Waals surface area contributed by atoms with Crippen LogP contribution in [0.1, 0.15) is 144 Å². The molecule has 0 aromatic carbocycles. The van der Waals surface area contributed by atoms with Crippen LogP contribution in [-0.4, -0.2) is 201 Å². The number of aliphatic imine (C=N–C) groups is 2. The summed E-state index contributed by atoms with van der Waals surface area (Å²) in [6, 6.07) is -12.2. The number of amides is 11. The first-order valence-electron chi connectivity index (χ1n) is 30.4. The highest BCUT2D eigenvalue weighted by Crippen LogP contribution is 2.24. The molecule has 0 radical (unpaired) electrons. The van der Waals surface area contributed by atoms with E-state index in [4.69, 9.17) is 34.4 Å². The summed E-state index contributed by atoms with van der Waals surface area (Å²) in [6.45, 7) is 10.6. The number of hydrogen-bond donors (Lipinski definition) is 16. The van der Waals surface area contributed by atoms with Gasteiger partial charge in [-0.25, -0.2) is 4.98 Å². The lowest BCUT2D eigenvalue weighted by Gasteiger charge is -2.32. The molecule has 0 aliphatic carbocycles. The number of likely N-dealkylation sites (tertiary alicyclic amines) is 2. The average Bonchev–Trinajstić information content (AvgIpc) is 2.12. The quantitative estimate of drug-likeness (QED) is 0.0168. The maximum Gasteiger partial charge on any atom is 0.303 e. The summed E-state index contributed by atoms with van der Waals surface area (Å²) in [7, 11) is 0. The zero-order chi connectivity index (χ0) is 66.5. The van der Waals surface area contributed by atoms with Gasteiger partial charge < -0.3 is 96.8 Å². The maximum atomic E-state index is 14.6. The zero-order valence-corrected chi connectivity index (χ0v) is 52.0. The van der Waals surface area contributed by atoms with Gasteiger partial charge >= 0.3 is 5.97 Å². The molecular formula is C56H96N20O13. The number of carboxylic acid groups (broad SMARTS) is 1. The number of carbonyl (C=O) groups excluding carboxylic acids is 11. The number of hydrogen-bond acceptors (Lipinski definition) is 16. The summed E-state index contributed by atoms with van der Waals surface area (Å²) < 4.78 is 0.